The van der Waals surface area contributed by atoms with Crippen LogP contribution in [0.5, 0.6) is 0 Å². The lowest BCUT2D eigenvalue weighted by Gasteiger charge is -2.18. The van der Waals surface area contributed by atoms with Gasteiger partial charge in [0.05, 0.1) is 0 Å². The highest BCUT2D eigenvalue weighted by Gasteiger charge is 2.24. The number of ketones is 1. The van der Waals surface area contributed by atoms with Gasteiger partial charge in [-0.3, -0.25) is 9.59 Å². The van der Waals surface area contributed by atoms with Crippen LogP contribution in [0, 0.1) is 12.8 Å². The number of nitrogens with zero attached hydrogens (tertiary/aromatic N) is 1. The highest BCUT2D eigenvalue weighted by Crippen LogP contribution is 2.22. The van der Waals surface area contributed by atoms with Crippen molar-refractivity contribution in [2.24, 2.45) is 5.92 Å². The van der Waals surface area contributed by atoms with Crippen LogP contribution in [0.4, 0.5) is 5.69 Å². The third-order valence-corrected chi connectivity index (χ3v) is 4.48. The van der Waals surface area contributed by atoms with Gasteiger partial charge in [-0.25, -0.2) is 0 Å². The molecule has 0 bridgehead atoms. The van der Waals surface area contributed by atoms with Crippen LogP contribution >= 0.6 is 0 Å². The number of carbonyl (C=O) groups is 2. The van der Waals surface area contributed by atoms with Gasteiger partial charge in [0.25, 0.3) is 5.91 Å². The van der Waals surface area contributed by atoms with Crippen LogP contribution in [0.2, 0.25) is 0 Å². The summed E-state index contributed by atoms with van der Waals surface area (Å²) >= 11 is 0. The maximum atomic E-state index is 12.1. The van der Waals surface area contributed by atoms with Crippen molar-refractivity contribution in [1.29, 1.82) is 0 Å². The maximum absolute atomic E-state index is 12.1. The summed E-state index contributed by atoms with van der Waals surface area (Å²) in [6.07, 6.45) is 1.02. The maximum Gasteiger partial charge on any atom is 0.292 e. The molecular weight excluding hydrogens is 300 g/mol. The molecule has 4 heteroatoms. The van der Waals surface area contributed by atoms with E-state index in [-0.39, 0.29) is 0 Å². The van der Waals surface area contributed by atoms with Crippen LogP contribution in [-0.4, -0.2) is 31.3 Å². The van der Waals surface area contributed by atoms with E-state index in [1.807, 2.05) is 37.3 Å². The summed E-state index contributed by atoms with van der Waals surface area (Å²) in [6.45, 7) is 4.38. The molecule has 0 aliphatic carbocycles. The minimum Gasteiger partial charge on any atom is -0.371 e. The van der Waals surface area contributed by atoms with Crippen LogP contribution in [0.25, 0.3) is 0 Å². The lowest BCUT2D eigenvalue weighted by atomic mass is 10.1. The molecule has 0 saturated carbocycles. The normalized spacial score (nSPS) is 16.9. The second-order valence-electron chi connectivity index (χ2n) is 6.34. The second-order valence-corrected chi connectivity index (χ2v) is 6.34. The molecule has 0 spiro atoms. The average molecular weight is 322 g/mol. The first kappa shape index (κ1) is 16.2. The van der Waals surface area contributed by atoms with Gasteiger partial charge in [-0.05, 0) is 31.4 Å². The summed E-state index contributed by atoms with van der Waals surface area (Å²) in [5.74, 6) is -0.607. The molecule has 1 aliphatic rings. The molecule has 1 unspecified atom stereocenters. The number of benzene rings is 2. The quantitative estimate of drug-likeness (QED) is 0.680. The molecule has 124 valence electrons. The fourth-order valence-electron chi connectivity index (χ4n) is 3.03. The minimum absolute atomic E-state index is 0.375. The largest absolute Gasteiger partial charge is 0.371 e. The zero-order valence-electron chi connectivity index (χ0n) is 13.9. The van der Waals surface area contributed by atoms with E-state index in [0.717, 1.165) is 25.1 Å². The molecule has 24 heavy (non-hydrogen) atoms. The Morgan fingerprint density at radius 2 is 1.79 bits per heavy atom. The minimum atomic E-state index is -0.517. The number of nitrogens with one attached hydrogen (secondary N) is 1. The van der Waals surface area contributed by atoms with Crippen LogP contribution in [0.1, 0.15) is 22.3 Å². The summed E-state index contributed by atoms with van der Waals surface area (Å²) < 4.78 is 0. The SMILES string of the molecule is Cc1ccc(C(=O)C(=O)NCC2CCN(c3ccccc3)C2)cc1. The summed E-state index contributed by atoms with van der Waals surface area (Å²) in [5.41, 5.74) is 2.72. The molecule has 0 aromatic heterocycles. The Bertz CT molecular complexity index is 710. The lowest BCUT2D eigenvalue weighted by molar-refractivity contribution is -0.117. The Labute approximate surface area is 142 Å². The van der Waals surface area contributed by atoms with Gasteiger partial charge in [0.1, 0.15) is 0 Å². The Morgan fingerprint density at radius 1 is 1.08 bits per heavy atom. The molecule has 2 aromatic rings. The van der Waals surface area contributed by atoms with E-state index in [1.54, 1.807) is 12.1 Å². The van der Waals surface area contributed by atoms with Crippen LogP contribution < -0.4 is 10.2 Å². The van der Waals surface area contributed by atoms with Gasteiger partial charge < -0.3 is 10.2 Å². The van der Waals surface area contributed by atoms with Gasteiger partial charge >= 0.3 is 0 Å². The van der Waals surface area contributed by atoms with Gasteiger partial charge in [-0.2, -0.15) is 0 Å². The van der Waals surface area contributed by atoms with E-state index in [9.17, 15) is 9.59 Å². The van der Waals surface area contributed by atoms with Crippen molar-refractivity contribution in [3.63, 3.8) is 0 Å². The number of anilines is 1. The number of para-hydroxylation sites is 1. The van der Waals surface area contributed by atoms with E-state index in [0.29, 0.717) is 18.0 Å². The summed E-state index contributed by atoms with van der Waals surface area (Å²) in [6, 6.07) is 17.4. The molecule has 3 rings (SSSR count). The van der Waals surface area contributed by atoms with Crippen LogP contribution in [0.15, 0.2) is 54.6 Å². The number of carbonyl (C=O) groups excluding carboxylic acids is 2. The van der Waals surface area contributed by atoms with Gasteiger partial charge in [0, 0.05) is 30.9 Å². The van der Waals surface area contributed by atoms with E-state index in [4.69, 9.17) is 0 Å². The van der Waals surface area contributed by atoms with Crippen molar-refractivity contribution in [3.8, 4) is 0 Å². The van der Waals surface area contributed by atoms with Gasteiger partial charge in [0.2, 0.25) is 5.78 Å². The zero-order valence-corrected chi connectivity index (χ0v) is 13.9. The Kier molecular flexibility index (Phi) is 4.94. The molecule has 0 radical (unpaired) electrons. The van der Waals surface area contributed by atoms with Crippen molar-refractivity contribution in [1.82, 2.24) is 5.32 Å². The molecule has 1 fully saturated rings. The highest BCUT2D eigenvalue weighted by molar-refractivity contribution is 6.42. The number of amides is 1. The van der Waals surface area contributed by atoms with Crippen molar-refractivity contribution in [2.45, 2.75) is 13.3 Å². The van der Waals surface area contributed by atoms with E-state index >= 15 is 0 Å². The fraction of sp³-hybridized carbons (Fsp3) is 0.300. The van der Waals surface area contributed by atoms with Gasteiger partial charge in [0.15, 0.2) is 0 Å². The van der Waals surface area contributed by atoms with Crippen molar-refractivity contribution < 1.29 is 9.59 Å². The molecule has 1 aliphatic heterocycles. The van der Waals surface area contributed by atoms with E-state index < -0.39 is 11.7 Å². The summed E-state index contributed by atoms with van der Waals surface area (Å²) in [4.78, 5) is 26.5. The molecular formula is C20H22N2O2. The van der Waals surface area contributed by atoms with Crippen molar-refractivity contribution >= 4 is 17.4 Å². The van der Waals surface area contributed by atoms with E-state index in [2.05, 4.69) is 22.3 Å². The molecule has 4 nitrogen and oxygen atoms in total. The predicted octanol–water partition coefficient (Wildman–Crippen LogP) is 2.82. The predicted molar refractivity (Wildman–Crippen MR) is 95.3 cm³/mol. The molecule has 1 N–H and O–H groups in total. The number of rotatable bonds is 5. The zero-order chi connectivity index (χ0) is 16.9. The number of hydrogen-bond donors (Lipinski definition) is 1. The lowest BCUT2D eigenvalue weighted by Crippen LogP contribution is -2.35. The standard InChI is InChI=1S/C20H22N2O2/c1-15-7-9-17(10-8-15)19(23)20(24)21-13-16-11-12-22(14-16)18-5-3-2-4-6-18/h2-10,16H,11-14H2,1H3,(H,21,24). The Hall–Kier alpha value is -2.62. The van der Waals surface area contributed by atoms with Gasteiger partial charge in [-0.1, -0.05) is 48.0 Å². The first-order valence-corrected chi connectivity index (χ1v) is 8.32. The summed E-state index contributed by atoms with van der Waals surface area (Å²) in [7, 11) is 0. The average Bonchev–Trinajstić information content (AvgIpc) is 3.09. The van der Waals surface area contributed by atoms with Gasteiger partial charge in [-0.15, -0.1) is 0 Å². The monoisotopic (exact) mass is 322 g/mol. The topological polar surface area (TPSA) is 49.4 Å². The smallest absolute Gasteiger partial charge is 0.292 e. The van der Waals surface area contributed by atoms with Crippen molar-refractivity contribution in [3.05, 3.63) is 65.7 Å². The molecule has 2 aromatic carbocycles. The van der Waals surface area contributed by atoms with Crippen molar-refractivity contribution in [2.75, 3.05) is 24.5 Å². The summed E-state index contributed by atoms with van der Waals surface area (Å²) in [5, 5.41) is 2.79. The number of hydrogen-bond acceptors (Lipinski definition) is 3. The number of Topliss-reactive ketones (excluding diaryl/α,β-unsaturated/α-hetero) is 1. The molecule has 1 saturated heterocycles. The first-order chi connectivity index (χ1) is 11.6. The van der Waals surface area contributed by atoms with E-state index in [1.165, 1.54) is 5.69 Å². The van der Waals surface area contributed by atoms with Crippen LogP contribution in [0.3, 0.4) is 0 Å². The third kappa shape index (κ3) is 3.82. The Balaban J connectivity index is 1.50. The second kappa shape index (κ2) is 7.30. The van der Waals surface area contributed by atoms with Crippen LogP contribution in [-0.2, 0) is 4.79 Å². The molecule has 1 atom stereocenters. The number of aryl methyl sites for hydroxylation is 1. The Morgan fingerprint density at radius 3 is 2.50 bits per heavy atom. The molecule has 1 heterocycles. The molecule has 1 amide bonds. The highest BCUT2D eigenvalue weighted by atomic mass is 16.2. The third-order valence-electron chi connectivity index (χ3n) is 4.48. The fourth-order valence-corrected chi connectivity index (χ4v) is 3.03. The first-order valence-electron chi connectivity index (χ1n) is 8.32.